The van der Waals surface area contributed by atoms with Gasteiger partial charge in [0.25, 0.3) is 0 Å². The molecule has 27 heavy (non-hydrogen) atoms. The summed E-state index contributed by atoms with van der Waals surface area (Å²) >= 11 is 1.83. The van der Waals surface area contributed by atoms with Crippen LogP contribution in [0.3, 0.4) is 0 Å². The summed E-state index contributed by atoms with van der Waals surface area (Å²) in [4.78, 5) is 1.22. The molecule has 3 aromatic rings. The van der Waals surface area contributed by atoms with E-state index < -0.39 is 0 Å². The Kier molecular flexibility index (Phi) is 4.83. The Hall–Kier alpha value is -2.84. The van der Waals surface area contributed by atoms with Crippen molar-refractivity contribution in [2.45, 2.75) is 19.4 Å². The number of hydrogen-bond donors (Lipinski definition) is 1. The molecule has 1 nitrogen and oxygen atoms in total. The Balaban J connectivity index is 2.03. The molecule has 1 N–H and O–H groups in total. The van der Waals surface area contributed by atoms with Crippen LogP contribution < -0.4 is 5.32 Å². The Labute approximate surface area is 165 Å². The first-order valence-corrected chi connectivity index (χ1v) is 10.1. The van der Waals surface area contributed by atoms with Gasteiger partial charge in [0, 0.05) is 32.3 Å². The van der Waals surface area contributed by atoms with Crippen molar-refractivity contribution in [3.05, 3.63) is 89.9 Å². The lowest BCUT2D eigenvalue weighted by molar-refractivity contribution is 0.874. The topological polar surface area (TPSA) is 12.0 Å². The lowest BCUT2D eigenvalue weighted by Crippen LogP contribution is -2.18. The molecular weight excluding hydrogens is 346 g/mol. The molecule has 1 unspecified atom stereocenters. The molecule has 0 saturated carbocycles. The van der Waals surface area contributed by atoms with Crippen LogP contribution in [-0.2, 0) is 6.42 Å². The van der Waals surface area contributed by atoms with Crippen LogP contribution in [0.5, 0.6) is 0 Å². The summed E-state index contributed by atoms with van der Waals surface area (Å²) < 4.78 is 1.32. The SMILES string of the molecule is C=C/C=C\C1Cc2ccccc2-c2c(ccc3c(/C=C\C)c(C=C)sc23)N1. The summed E-state index contributed by atoms with van der Waals surface area (Å²) in [5, 5.41) is 5.04. The fourth-order valence-electron chi connectivity index (χ4n) is 3.84. The molecule has 0 radical (unpaired) electrons. The third-order valence-corrected chi connectivity index (χ3v) is 6.23. The minimum atomic E-state index is 0.247. The van der Waals surface area contributed by atoms with Gasteiger partial charge in [-0.15, -0.1) is 11.3 Å². The molecule has 4 rings (SSSR count). The molecule has 1 aliphatic rings. The number of thiophene rings is 1. The van der Waals surface area contributed by atoms with Crippen LogP contribution >= 0.6 is 11.3 Å². The third kappa shape index (κ3) is 3.07. The second-order valence-electron chi connectivity index (χ2n) is 6.68. The van der Waals surface area contributed by atoms with Crippen LogP contribution in [0.4, 0.5) is 5.69 Å². The molecule has 1 atom stereocenters. The van der Waals surface area contributed by atoms with Crippen LogP contribution in [0.25, 0.3) is 33.4 Å². The monoisotopic (exact) mass is 369 g/mol. The molecule has 134 valence electrons. The number of rotatable bonds is 4. The lowest BCUT2D eigenvalue weighted by atomic mass is 9.95. The molecule has 2 aromatic carbocycles. The molecule has 0 fully saturated rings. The molecule has 0 spiro atoms. The van der Waals surface area contributed by atoms with E-state index in [4.69, 9.17) is 0 Å². The largest absolute Gasteiger partial charge is 0.378 e. The van der Waals surface area contributed by atoms with Gasteiger partial charge in [-0.3, -0.25) is 0 Å². The average molecular weight is 370 g/mol. The molecule has 0 bridgehead atoms. The van der Waals surface area contributed by atoms with Gasteiger partial charge in [-0.1, -0.05) is 79.9 Å². The number of fused-ring (bicyclic) bond motifs is 5. The van der Waals surface area contributed by atoms with E-state index in [2.05, 4.69) is 80.0 Å². The van der Waals surface area contributed by atoms with E-state index in [0.29, 0.717) is 0 Å². The lowest BCUT2D eigenvalue weighted by Gasteiger charge is -2.15. The van der Waals surface area contributed by atoms with Gasteiger partial charge in [0.1, 0.15) is 0 Å². The van der Waals surface area contributed by atoms with Gasteiger partial charge in [0.15, 0.2) is 0 Å². The van der Waals surface area contributed by atoms with E-state index >= 15 is 0 Å². The maximum Gasteiger partial charge on any atom is 0.0488 e. The van der Waals surface area contributed by atoms with Crippen molar-refractivity contribution in [3.63, 3.8) is 0 Å². The van der Waals surface area contributed by atoms with Crippen molar-refractivity contribution in [1.29, 1.82) is 0 Å². The van der Waals surface area contributed by atoms with Gasteiger partial charge >= 0.3 is 0 Å². The van der Waals surface area contributed by atoms with Gasteiger partial charge in [-0.25, -0.2) is 0 Å². The summed E-state index contributed by atoms with van der Waals surface area (Å²) in [6, 6.07) is 13.5. The minimum absolute atomic E-state index is 0.247. The summed E-state index contributed by atoms with van der Waals surface area (Å²) in [5.41, 5.74) is 6.46. The standard InChI is InChI=1S/C25H23NS/c1-4-7-12-18-16-17-11-8-9-13-19(17)24-22(26-18)15-14-21-20(10-5-2)23(6-3)27-25(21)24/h4-15,18,26H,1,3,16H2,2H3/b10-5-,12-7-. The molecule has 0 saturated heterocycles. The second-order valence-corrected chi connectivity index (χ2v) is 7.73. The highest BCUT2D eigenvalue weighted by Gasteiger charge is 2.23. The van der Waals surface area contributed by atoms with Crippen LogP contribution in [0.2, 0.25) is 0 Å². The van der Waals surface area contributed by atoms with Crippen molar-refractivity contribution in [2.75, 3.05) is 5.32 Å². The average Bonchev–Trinajstić information content (AvgIpc) is 2.95. The summed E-state index contributed by atoms with van der Waals surface area (Å²) in [6.45, 7) is 9.90. The smallest absolute Gasteiger partial charge is 0.0488 e. The molecule has 2 heteroatoms. The van der Waals surface area contributed by atoms with Gasteiger partial charge in [0.2, 0.25) is 0 Å². The predicted molar refractivity (Wildman–Crippen MR) is 123 cm³/mol. The Bertz CT molecular complexity index is 1080. The number of allylic oxidation sites excluding steroid dienone is 3. The van der Waals surface area contributed by atoms with Crippen LogP contribution in [-0.4, -0.2) is 6.04 Å². The number of benzene rings is 2. The third-order valence-electron chi connectivity index (χ3n) is 4.99. The Morgan fingerprint density at radius 2 is 2.00 bits per heavy atom. The van der Waals surface area contributed by atoms with Gasteiger partial charge in [0.05, 0.1) is 0 Å². The second kappa shape index (κ2) is 7.42. The van der Waals surface area contributed by atoms with E-state index in [1.54, 1.807) is 0 Å². The Morgan fingerprint density at radius 1 is 1.15 bits per heavy atom. The van der Waals surface area contributed by atoms with E-state index in [0.717, 1.165) is 6.42 Å². The van der Waals surface area contributed by atoms with Gasteiger partial charge in [-0.05, 0) is 36.1 Å². The Morgan fingerprint density at radius 3 is 2.78 bits per heavy atom. The first-order valence-electron chi connectivity index (χ1n) is 9.25. The fraction of sp³-hybridized carbons (Fsp3) is 0.120. The maximum atomic E-state index is 4.03. The van der Waals surface area contributed by atoms with E-state index in [-0.39, 0.29) is 6.04 Å². The maximum absolute atomic E-state index is 4.03. The number of nitrogens with one attached hydrogen (secondary N) is 1. The normalized spacial score (nSPS) is 16.1. The van der Waals surface area contributed by atoms with Crippen LogP contribution in [0.1, 0.15) is 22.9 Å². The summed E-state index contributed by atoms with van der Waals surface area (Å²) in [6.07, 6.45) is 13.3. The van der Waals surface area contributed by atoms with Crippen molar-refractivity contribution in [1.82, 2.24) is 0 Å². The van der Waals surface area contributed by atoms with E-state index in [1.807, 2.05) is 29.6 Å². The first kappa shape index (κ1) is 17.6. The molecule has 2 heterocycles. The fourth-order valence-corrected chi connectivity index (χ4v) is 5.04. The molecule has 0 amide bonds. The molecular formula is C25H23NS. The van der Waals surface area contributed by atoms with Crippen LogP contribution in [0, 0.1) is 0 Å². The van der Waals surface area contributed by atoms with Gasteiger partial charge < -0.3 is 5.32 Å². The zero-order valence-electron chi connectivity index (χ0n) is 15.5. The zero-order valence-corrected chi connectivity index (χ0v) is 16.4. The van der Waals surface area contributed by atoms with Crippen LogP contribution in [0.15, 0.2) is 73.9 Å². The number of hydrogen-bond acceptors (Lipinski definition) is 2. The zero-order chi connectivity index (χ0) is 18.8. The van der Waals surface area contributed by atoms with Gasteiger partial charge in [-0.2, -0.15) is 0 Å². The van der Waals surface area contributed by atoms with Crippen molar-refractivity contribution < 1.29 is 0 Å². The van der Waals surface area contributed by atoms with E-state index in [9.17, 15) is 0 Å². The van der Waals surface area contributed by atoms with E-state index in [1.165, 1.54) is 42.9 Å². The number of anilines is 1. The minimum Gasteiger partial charge on any atom is -0.378 e. The highest BCUT2D eigenvalue weighted by molar-refractivity contribution is 7.20. The first-order chi connectivity index (χ1) is 13.3. The molecule has 0 aliphatic carbocycles. The molecule has 1 aromatic heterocycles. The molecule has 1 aliphatic heterocycles. The quantitative estimate of drug-likeness (QED) is 0.475. The van der Waals surface area contributed by atoms with Crippen molar-refractivity contribution in [2.24, 2.45) is 0 Å². The summed E-state index contributed by atoms with van der Waals surface area (Å²) in [7, 11) is 0. The summed E-state index contributed by atoms with van der Waals surface area (Å²) in [5.74, 6) is 0. The highest BCUT2D eigenvalue weighted by Crippen LogP contribution is 2.45. The van der Waals surface area contributed by atoms with Crippen molar-refractivity contribution in [3.8, 4) is 11.1 Å². The highest BCUT2D eigenvalue weighted by atomic mass is 32.1. The van der Waals surface area contributed by atoms with Crippen molar-refractivity contribution >= 4 is 39.3 Å². The predicted octanol–water partition coefficient (Wildman–Crippen LogP) is 7.32.